The van der Waals surface area contributed by atoms with E-state index in [1.165, 1.54) is 97.8 Å². The Morgan fingerprint density at radius 2 is 0.597 bits per heavy atom. The molecule has 4 aliphatic heterocycles. The summed E-state index contributed by atoms with van der Waals surface area (Å²) in [6.07, 6.45) is 25.4. The highest BCUT2D eigenvalue weighted by atomic mass is 32.1. The number of benzene rings is 4. The summed E-state index contributed by atoms with van der Waals surface area (Å²) in [7, 11) is 0. The van der Waals surface area contributed by atoms with Crippen LogP contribution in [0.1, 0.15) is 167 Å². The second-order valence-electron chi connectivity index (χ2n) is 31.4. The number of hydrogen-bond donors (Lipinski definition) is 10. The number of nitrogens with two attached hydrogens (primary N) is 4. The summed E-state index contributed by atoms with van der Waals surface area (Å²) in [5, 5.41) is 33.3. The maximum absolute atomic E-state index is 13.1. The molecular formula is C92H94N20O13S4. The maximum Gasteiger partial charge on any atom is 0.394 e. The average molecular weight is 1820 g/mol. The number of aromatic nitrogens is 8. The summed E-state index contributed by atoms with van der Waals surface area (Å²) in [6.45, 7) is 11.1. The molecule has 0 aliphatic carbocycles. The van der Waals surface area contributed by atoms with Crippen LogP contribution in [0.5, 0.6) is 0 Å². The Hall–Kier alpha value is -14.4. The molecule has 4 fully saturated rings. The lowest BCUT2D eigenvalue weighted by molar-refractivity contribution is -0.147. The first-order valence-electron chi connectivity index (χ1n) is 41.2. The van der Waals surface area contributed by atoms with Gasteiger partial charge in [0.1, 0.15) is 20.0 Å². The average Bonchev–Trinajstić information content (AvgIpc) is 1.20. The second-order valence-corrected chi connectivity index (χ2v) is 35.0. The summed E-state index contributed by atoms with van der Waals surface area (Å²) in [4.78, 5) is 181. The Kier molecular flexibility index (Phi) is 32.5. The molecule has 4 aliphatic rings. The van der Waals surface area contributed by atoms with E-state index in [1.807, 2.05) is 106 Å². The third-order valence-corrected chi connectivity index (χ3v) is 25.0. The van der Waals surface area contributed by atoms with Gasteiger partial charge in [-0.2, -0.15) is 0 Å². The van der Waals surface area contributed by atoms with E-state index in [0.29, 0.717) is 25.7 Å². The van der Waals surface area contributed by atoms with E-state index >= 15 is 0 Å². The van der Waals surface area contributed by atoms with Gasteiger partial charge in [-0.15, -0.1) is 45.3 Å². The van der Waals surface area contributed by atoms with Gasteiger partial charge in [0.2, 0.25) is 23.6 Å². The fourth-order valence-corrected chi connectivity index (χ4v) is 17.6. The van der Waals surface area contributed by atoms with Gasteiger partial charge in [-0.25, -0.2) is 24.7 Å². The van der Waals surface area contributed by atoms with E-state index in [2.05, 4.69) is 113 Å². The van der Waals surface area contributed by atoms with Gasteiger partial charge in [-0.1, -0.05) is 125 Å². The van der Waals surface area contributed by atoms with Crippen LogP contribution in [0.4, 0.5) is 22.7 Å². The quantitative estimate of drug-likeness (QED) is 0.0402. The van der Waals surface area contributed by atoms with Crippen LogP contribution in [0, 0.1) is 23.7 Å². The SMILES string of the molecule is C[C@@H]1CC[C@@H](c2ccc(-c3nccs3)cc2)N(C(=O)C(=O)Nc2cncc(C(N)=O)c2)C1.C[C@H]1CC[C@H](c2ccc(-c3nccs3)cc2)N(C(=O)C(=O)Nc2cncc(C(N)=O)c2)C1.C[C@H]1CC[C@H](c2ccc(-c3nccs3)cc2)N(C(=O)C(=O)Nc2cncc(C(N)=O)c2)C1.C[C@H]1CC[C@H](c2ccc(-c3nccs3)cc2)NC1.NC(=O)c1cncc(NC(=O)C(=O)O)c1. The highest BCUT2D eigenvalue weighted by molar-refractivity contribution is 7.14. The number of carboxylic acid groups (broad SMARTS) is 1. The van der Waals surface area contributed by atoms with Crippen LogP contribution >= 0.6 is 45.3 Å². The molecule has 16 rings (SSSR count). The van der Waals surface area contributed by atoms with Crippen molar-refractivity contribution in [2.75, 3.05) is 47.4 Å². The number of carbonyl (C=O) groups excluding carboxylic acids is 11. The highest BCUT2D eigenvalue weighted by Gasteiger charge is 2.38. The molecule has 0 unspecified atom stereocenters. The van der Waals surface area contributed by atoms with E-state index in [0.717, 1.165) is 104 Å². The summed E-state index contributed by atoms with van der Waals surface area (Å²) >= 11 is 6.40. The lowest BCUT2D eigenvalue weighted by Gasteiger charge is -2.38. The topological polar surface area (TPSA) is 502 Å². The van der Waals surface area contributed by atoms with E-state index in [9.17, 15) is 57.5 Å². The van der Waals surface area contributed by atoms with Gasteiger partial charge in [0.05, 0.1) is 87.9 Å². The second kappa shape index (κ2) is 44.7. The Bertz CT molecular complexity index is 5500. The number of nitrogens with zero attached hydrogens (tertiary/aromatic N) is 11. The van der Waals surface area contributed by atoms with Crippen LogP contribution in [-0.2, 0) is 38.4 Å². The zero-order chi connectivity index (χ0) is 91.8. The molecule has 0 saturated carbocycles. The van der Waals surface area contributed by atoms with Crippen LogP contribution < -0.4 is 49.5 Å². The molecule has 0 spiro atoms. The monoisotopic (exact) mass is 1810 g/mol. The van der Waals surface area contributed by atoms with Crippen molar-refractivity contribution in [1.82, 2.24) is 59.9 Å². The van der Waals surface area contributed by atoms with Gasteiger partial charge in [-0.05, 0) is 128 Å². The van der Waals surface area contributed by atoms with Crippen molar-refractivity contribution in [2.24, 2.45) is 46.6 Å². The number of likely N-dealkylation sites (tertiary alicyclic amines) is 3. The minimum Gasteiger partial charge on any atom is -0.474 e. The fourth-order valence-electron chi connectivity index (χ4n) is 15.0. The van der Waals surface area contributed by atoms with Gasteiger partial charge >= 0.3 is 47.3 Å². The molecule has 0 radical (unpaired) electrons. The molecular weight excluding hydrogens is 1720 g/mol. The number of amides is 11. The van der Waals surface area contributed by atoms with E-state index in [1.54, 1.807) is 78.6 Å². The molecule has 37 heteroatoms. The Morgan fingerprint density at radius 3 is 0.829 bits per heavy atom. The zero-order valence-electron chi connectivity index (χ0n) is 70.6. The standard InChI is InChI=1S/3C23H23N5O3S.C15H18N2S.C8H7N3O4/c3*1-14-2-7-19(15-3-5-16(6-4-15)22-26-8-9-32-22)28(13-14)23(31)21(30)27-18-10-17(20(24)29)11-25-12-18;1-11-2-7-14(17-10-11)12-3-5-13(6-4-12)15-16-8-9-18-15;9-6(12)4-1-5(3-10-2-4)11-7(13)8(14)15/h3*3-6,8-12,14,19H,2,7,13H2,1H3,(H2,24,29)(H,27,30);3-6,8-9,11,14,17H,2,7,10H2,1H3;1-3H,(H2,9,12)(H,11,13)(H,14,15)/t3*14-,19+;11-,14+;/m1000./s1. The predicted molar refractivity (Wildman–Crippen MR) is 491 cm³/mol. The van der Waals surface area contributed by atoms with Crippen LogP contribution in [-0.4, -0.2) is 157 Å². The fraction of sp³-hybridized carbons (Fsp3) is 0.261. The van der Waals surface area contributed by atoms with E-state index < -0.39 is 70.9 Å². The van der Waals surface area contributed by atoms with Crippen molar-refractivity contribution >= 4 is 139 Å². The van der Waals surface area contributed by atoms with Gasteiger partial charge in [0, 0.05) is 119 Å². The minimum atomic E-state index is -1.63. The van der Waals surface area contributed by atoms with E-state index in [4.69, 9.17) is 28.0 Å². The number of aliphatic carboxylic acids is 1. The number of rotatable bonds is 16. The number of thiazole rings is 4. The number of carbonyl (C=O) groups is 12. The molecule has 0 bridgehead atoms. The van der Waals surface area contributed by atoms with Crippen LogP contribution in [0.15, 0.2) is 217 Å². The Labute approximate surface area is 758 Å². The number of primary amides is 4. The molecule has 12 heterocycles. The predicted octanol–water partition coefficient (Wildman–Crippen LogP) is 12.8. The third kappa shape index (κ3) is 25.7. The molecule has 12 aromatic rings. The van der Waals surface area contributed by atoms with Crippen molar-refractivity contribution in [2.45, 2.75) is 103 Å². The maximum atomic E-state index is 13.1. The third-order valence-electron chi connectivity index (χ3n) is 21.7. The van der Waals surface area contributed by atoms with Gasteiger partial charge in [-0.3, -0.25) is 72.7 Å². The number of pyridine rings is 4. The highest BCUT2D eigenvalue weighted by Crippen LogP contribution is 2.39. The van der Waals surface area contributed by atoms with Crippen LogP contribution in [0.3, 0.4) is 0 Å². The summed E-state index contributed by atoms with van der Waals surface area (Å²) in [5.74, 6) is -8.01. The first-order valence-corrected chi connectivity index (χ1v) is 44.7. The van der Waals surface area contributed by atoms with Crippen molar-refractivity contribution in [3.8, 4) is 42.3 Å². The summed E-state index contributed by atoms with van der Waals surface area (Å²) < 4.78 is 0. The number of nitrogens with one attached hydrogen (secondary N) is 5. The van der Waals surface area contributed by atoms with Crippen LogP contribution in [0.25, 0.3) is 42.3 Å². The molecule has 4 saturated heterocycles. The molecule has 664 valence electrons. The molecule has 33 nitrogen and oxygen atoms in total. The van der Waals surface area contributed by atoms with Crippen molar-refractivity contribution in [3.63, 3.8) is 0 Å². The summed E-state index contributed by atoms with van der Waals surface area (Å²) in [5.41, 5.74) is 30.7. The molecule has 4 aromatic carbocycles. The lowest BCUT2D eigenvalue weighted by Crippen LogP contribution is -2.46. The zero-order valence-corrected chi connectivity index (χ0v) is 73.9. The smallest absolute Gasteiger partial charge is 0.394 e. The normalized spacial score (nSPS) is 18.0. The number of piperidine rings is 4. The Morgan fingerprint density at radius 1 is 0.341 bits per heavy atom. The molecule has 11 amide bonds. The molecule has 8 atom stereocenters. The van der Waals surface area contributed by atoms with Crippen molar-refractivity contribution in [3.05, 3.63) is 262 Å². The van der Waals surface area contributed by atoms with E-state index in [-0.39, 0.29) is 80.9 Å². The number of hydrogen-bond acceptors (Lipinski definition) is 25. The van der Waals surface area contributed by atoms with Gasteiger partial charge in [0.25, 0.3) is 0 Å². The first-order chi connectivity index (χ1) is 62.1. The summed E-state index contributed by atoms with van der Waals surface area (Å²) in [6, 6.07) is 38.2. The molecule has 8 aromatic heterocycles. The number of carboxylic acids is 1. The van der Waals surface area contributed by atoms with Crippen LogP contribution in [0.2, 0.25) is 0 Å². The number of anilines is 4. The first kappa shape index (κ1) is 93.7. The van der Waals surface area contributed by atoms with Gasteiger partial charge < -0.3 is 69.3 Å². The molecule has 129 heavy (non-hydrogen) atoms. The van der Waals surface area contributed by atoms with Crippen molar-refractivity contribution in [1.29, 1.82) is 0 Å². The molecule has 14 N–H and O–H groups in total. The van der Waals surface area contributed by atoms with Gasteiger partial charge in [0.15, 0.2) is 0 Å². The Balaban J connectivity index is 0.000000150. The lowest BCUT2D eigenvalue weighted by atomic mass is 9.89. The minimum absolute atomic E-state index is 0.0817. The largest absolute Gasteiger partial charge is 0.474 e. The van der Waals surface area contributed by atoms with Crippen molar-refractivity contribution < 1.29 is 62.6 Å².